The first-order valence-corrected chi connectivity index (χ1v) is 23.3. The van der Waals surface area contributed by atoms with Crippen molar-refractivity contribution in [2.45, 2.75) is 109 Å². The number of aromatic nitrogens is 4. The zero-order valence-corrected chi connectivity index (χ0v) is 40.2. The maximum Gasteiger partial charge on any atom is 0.491 e. The molecule has 16 nitrogen and oxygen atoms in total. The van der Waals surface area contributed by atoms with E-state index >= 15 is 0 Å². The second-order valence-corrected chi connectivity index (χ2v) is 18.7. The molecule has 3 N–H and O–H groups in total. The Morgan fingerprint density at radius 3 is 1.47 bits per heavy atom. The summed E-state index contributed by atoms with van der Waals surface area (Å²) in [5, 5.41) is 11.1. The molecule has 0 aliphatic carbocycles. The smallest absolute Gasteiger partial charge is 0.387 e. The van der Waals surface area contributed by atoms with Gasteiger partial charge < -0.3 is 25.6 Å². The van der Waals surface area contributed by atoms with Gasteiger partial charge in [0, 0.05) is 91.8 Å². The Hall–Kier alpha value is -5.71. The molecular formula is C46H54Cl2F6N10O6. The monoisotopic (exact) mass is 1030 g/mol. The quantitative estimate of drug-likeness (QED) is 0.111. The van der Waals surface area contributed by atoms with Gasteiger partial charge in [-0.1, -0.05) is 47.5 Å². The Labute approximate surface area is 409 Å². The van der Waals surface area contributed by atoms with E-state index in [-0.39, 0.29) is 22.9 Å². The highest BCUT2D eigenvalue weighted by Gasteiger charge is 2.46. The number of nitrogens with zero attached hydrogens (tertiary/aromatic N) is 8. The third kappa shape index (κ3) is 13.4. The number of carbonyl (C=O) groups excluding carboxylic acids is 5. The minimum atomic E-state index is -5.09. The largest absolute Gasteiger partial charge is 0.491 e. The number of nitrogens with two attached hydrogens (primary N) is 1. The highest BCUT2D eigenvalue weighted by atomic mass is 35.5. The Kier molecular flexibility index (Phi) is 17.0. The fourth-order valence-electron chi connectivity index (χ4n) is 9.50. The normalized spacial score (nSPS) is 17.9. The van der Waals surface area contributed by atoms with Gasteiger partial charge in [0.2, 0.25) is 0 Å². The number of benzene rings is 2. The van der Waals surface area contributed by atoms with Crippen LogP contribution in [0.2, 0.25) is 10.0 Å². The van der Waals surface area contributed by atoms with Crippen LogP contribution in [0.1, 0.15) is 80.5 Å². The van der Waals surface area contributed by atoms with Crippen molar-refractivity contribution in [3.8, 4) is 0 Å². The number of likely N-dealkylation sites (tertiary alicyclic amines) is 4. The number of aryl methyl sites for hydroxylation is 2. The molecule has 6 heterocycles. The lowest BCUT2D eigenvalue weighted by atomic mass is 9.84. The minimum Gasteiger partial charge on any atom is -0.387 e. The molecule has 4 aliphatic heterocycles. The molecule has 0 bridgehead atoms. The number of anilines is 2. The van der Waals surface area contributed by atoms with Crippen LogP contribution in [0.25, 0.3) is 0 Å². The van der Waals surface area contributed by atoms with Crippen LogP contribution in [0.3, 0.4) is 0 Å². The molecule has 3 amide bonds. The van der Waals surface area contributed by atoms with Crippen molar-refractivity contribution in [3.63, 3.8) is 0 Å². The summed E-state index contributed by atoms with van der Waals surface area (Å²) in [7, 11) is 0. The summed E-state index contributed by atoms with van der Waals surface area (Å²) in [6.07, 6.45) is 0.985. The number of piperidine rings is 2. The number of ether oxygens (including phenoxy) is 1. The molecule has 24 heteroatoms. The van der Waals surface area contributed by atoms with Gasteiger partial charge in [0.25, 0.3) is 0 Å². The van der Waals surface area contributed by atoms with Crippen LogP contribution >= 0.6 is 23.2 Å². The number of nitrogen functional groups attached to an aromatic ring is 1. The number of alkyl halides is 6. The molecule has 2 spiro atoms. The standard InChI is InChI=1S/C22H25ClF3N5O2.C20H26ClN5O.C4H3F3O3/c1-15-13-16(3-4-17(15)23)14-30-9-2-6-21(30)7-11-29(12-8-21)20(33)31-10-5-18(28-31)27-19(32)22(24,25)26;1-15-13-16(3-4-17(15)21)14-25-9-2-6-20(25)7-11-24(12-8-20)19(27)26-10-5-18(22)23-26;1-2(8)10-3(9)4(5,6)7/h3-5,10,13H,2,6-9,11-12,14H2,1H3,(H,27,28,32);3-5,10,13H,2,6-9,11-12,14H2,1H3,(H2,22,23);1H3. The molecule has 70 heavy (non-hydrogen) atoms. The predicted octanol–water partition coefficient (Wildman–Crippen LogP) is 8.61. The van der Waals surface area contributed by atoms with Crippen LogP contribution in [-0.4, -0.2) is 132 Å². The minimum absolute atomic E-state index is 0.0281. The topological polar surface area (TPSA) is 181 Å². The molecule has 2 aromatic heterocycles. The Bertz CT molecular complexity index is 2540. The zero-order valence-electron chi connectivity index (χ0n) is 38.7. The fraction of sp³-hybridized carbons (Fsp3) is 0.500. The van der Waals surface area contributed by atoms with Crippen molar-refractivity contribution >= 4 is 64.7 Å². The number of nitrogens with one attached hydrogen (secondary N) is 1. The second-order valence-electron chi connectivity index (χ2n) is 17.9. The van der Waals surface area contributed by atoms with E-state index < -0.39 is 36.2 Å². The lowest BCUT2D eigenvalue weighted by molar-refractivity contribution is -0.201. The highest BCUT2D eigenvalue weighted by molar-refractivity contribution is 6.31. The molecule has 0 radical (unpaired) electrons. The molecule has 0 atom stereocenters. The van der Waals surface area contributed by atoms with Crippen LogP contribution in [0.15, 0.2) is 60.9 Å². The Balaban J connectivity index is 0.000000195. The van der Waals surface area contributed by atoms with Gasteiger partial charge >= 0.3 is 42.3 Å². The first-order chi connectivity index (χ1) is 32.9. The second kappa shape index (κ2) is 22.2. The summed E-state index contributed by atoms with van der Waals surface area (Å²) in [5.74, 6) is -5.84. The number of hydrogen-bond acceptors (Lipinski definition) is 11. The predicted molar refractivity (Wildman–Crippen MR) is 247 cm³/mol. The first kappa shape index (κ1) is 53.6. The summed E-state index contributed by atoms with van der Waals surface area (Å²) in [4.78, 5) is 64.6. The van der Waals surface area contributed by atoms with E-state index in [0.717, 1.165) is 104 Å². The van der Waals surface area contributed by atoms with Crippen LogP contribution in [-0.2, 0) is 32.2 Å². The van der Waals surface area contributed by atoms with E-state index in [0.29, 0.717) is 25.8 Å². The van der Waals surface area contributed by atoms with E-state index in [1.54, 1.807) is 22.5 Å². The van der Waals surface area contributed by atoms with E-state index in [9.17, 15) is 50.3 Å². The zero-order chi connectivity index (χ0) is 51.2. The van der Waals surface area contributed by atoms with E-state index in [1.807, 2.05) is 30.0 Å². The SMILES string of the molecule is CC(=O)OC(=O)C(F)(F)F.Cc1cc(CN2CCCC23CCN(C(=O)n2ccc(N)n2)CC3)ccc1Cl.Cc1cc(CN2CCCC23CCN(C(=O)n2ccc(NC(=O)C(F)(F)F)n2)CC3)ccc1Cl. The van der Waals surface area contributed by atoms with Gasteiger partial charge in [-0.15, -0.1) is 10.2 Å². The van der Waals surface area contributed by atoms with Crippen LogP contribution in [0, 0.1) is 13.8 Å². The van der Waals surface area contributed by atoms with Crippen molar-refractivity contribution in [2.75, 3.05) is 50.3 Å². The number of halogens is 8. The van der Waals surface area contributed by atoms with Crippen LogP contribution in [0.4, 0.5) is 47.6 Å². The van der Waals surface area contributed by atoms with Gasteiger partial charge in [0.05, 0.1) is 0 Å². The number of amides is 3. The highest BCUT2D eigenvalue weighted by Crippen LogP contribution is 2.41. The van der Waals surface area contributed by atoms with E-state index in [4.69, 9.17) is 28.9 Å². The summed E-state index contributed by atoms with van der Waals surface area (Å²) in [6, 6.07) is 14.7. The molecular weight excluding hydrogens is 973 g/mol. The molecule has 4 aromatic rings. The van der Waals surface area contributed by atoms with Gasteiger partial charge in [0.1, 0.15) is 5.82 Å². The maximum absolute atomic E-state index is 12.8. The third-order valence-corrected chi connectivity index (χ3v) is 14.0. The van der Waals surface area contributed by atoms with Crippen molar-refractivity contribution in [3.05, 3.63) is 93.2 Å². The average molecular weight is 1030 g/mol. The van der Waals surface area contributed by atoms with Gasteiger partial charge in [0.15, 0.2) is 5.82 Å². The summed E-state index contributed by atoms with van der Waals surface area (Å²) in [5.41, 5.74) is 10.6. The lowest BCUT2D eigenvalue weighted by Gasteiger charge is -2.45. The van der Waals surface area contributed by atoms with Crippen molar-refractivity contribution in [2.24, 2.45) is 0 Å². The molecule has 0 saturated carbocycles. The van der Waals surface area contributed by atoms with E-state index in [2.05, 4.69) is 49.9 Å². The molecule has 4 fully saturated rings. The van der Waals surface area contributed by atoms with Crippen molar-refractivity contribution < 1.29 is 55.1 Å². The van der Waals surface area contributed by atoms with Crippen LogP contribution in [0.5, 0.6) is 0 Å². The molecule has 4 saturated heterocycles. The molecule has 4 aliphatic rings. The van der Waals surface area contributed by atoms with Gasteiger partial charge in [-0.05, 0) is 113 Å². The summed E-state index contributed by atoms with van der Waals surface area (Å²) in [6.45, 7) is 11.2. The van der Waals surface area contributed by atoms with E-state index in [1.165, 1.54) is 40.9 Å². The molecule has 0 unspecified atom stereocenters. The average Bonchev–Trinajstić information content (AvgIpc) is 4.12. The number of carbonyl (C=O) groups is 5. The van der Waals surface area contributed by atoms with Gasteiger partial charge in [-0.2, -0.15) is 35.7 Å². The van der Waals surface area contributed by atoms with Crippen LogP contribution < -0.4 is 11.1 Å². The molecule has 8 rings (SSSR count). The Morgan fingerprint density at radius 2 is 1.10 bits per heavy atom. The first-order valence-electron chi connectivity index (χ1n) is 22.5. The summed E-state index contributed by atoms with van der Waals surface area (Å²) >= 11 is 12.3. The molecule has 380 valence electrons. The fourth-order valence-corrected chi connectivity index (χ4v) is 9.74. The third-order valence-electron chi connectivity index (χ3n) is 13.2. The number of hydrogen-bond donors (Lipinski definition) is 2. The Morgan fingerprint density at radius 1 is 0.657 bits per heavy atom. The van der Waals surface area contributed by atoms with Gasteiger partial charge in [-0.25, -0.2) is 14.4 Å². The number of esters is 2. The lowest BCUT2D eigenvalue weighted by Crippen LogP contribution is -2.53. The maximum atomic E-state index is 12.8. The number of rotatable bonds is 5. The summed E-state index contributed by atoms with van der Waals surface area (Å²) < 4.78 is 76.3. The van der Waals surface area contributed by atoms with Gasteiger partial charge in [-0.3, -0.25) is 19.4 Å². The molecule has 2 aromatic carbocycles. The van der Waals surface area contributed by atoms with Crippen molar-refractivity contribution in [1.82, 2.24) is 39.2 Å². The van der Waals surface area contributed by atoms with Crippen molar-refractivity contribution in [1.29, 1.82) is 0 Å².